The Morgan fingerprint density at radius 2 is 1.36 bits per heavy atom. The van der Waals surface area contributed by atoms with Crippen LogP contribution < -0.4 is 5.32 Å². The van der Waals surface area contributed by atoms with Crippen molar-refractivity contribution in [2.45, 2.75) is 60.8 Å². The first-order chi connectivity index (χ1) is 15.5. The molecule has 0 atom stereocenters. The molecule has 0 aromatic heterocycles. The van der Waals surface area contributed by atoms with Crippen LogP contribution >= 0.6 is 0 Å². The van der Waals surface area contributed by atoms with Gasteiger partial charge in [0.25, 0.3) is 0 Å². The van der Waals surface area contributed by atoms with Gasteiger partial charge in [0, 0.05) is 23.6 Å². The van der Waals surface area contributed by atoms with Gasteiger partial charge in [-0.1, -0.05) is 116 Å². The van der Waals surface area contributed by atoms with E-state index in [1.807, 2.05) is 34.7 Å². The molecule has 0 saturated carbocycles. The van der Waals surface area contributed by atoms with Gasteiger partial charge in [0.05, 0.1) is 12.5 Å². The molecule has 0 saturated heterocycles. The predicted molar refractivity (Wildman–Crippen MR) is 144 cm³/mol. The van der Waals surface area contributed by atoms with Crippen molar-refractivity contribution < 1.29 is 9.53 Å². The van der Waals surface area contributed by atoms with Crippen LogP contribution in [-0.4, -0.2) is 19.6 Å². The van der Waals surface area contributed by atoms with Crippen LogP contribution in [0.4, 0.5) is 5.69 Å². The lowest BCUT2D eigenvalue weighted by Crippen LogP contribution is -2.23. The van der Waals surface area contributed by atoms with Crippen molar-refractivity contribution in [2.24, 2.45) is 11.3 Å². The van der Waals surface area contributed by atoms with Crippen molar-refractivity contribution in [1.82, 2.24) is 0 Å². The van der Waals surface area contributed by atoms with Gasteiger partial charge in [-0.15, -0.1) is 0 Å². The highest BCUT2D eigenvalue weighted by atomic mass is 16.5. The Morgan fingerprint density at radius 3 is 1.82 bits per heavy atom. The second-order valence-corrected chi connectivity index (χ2v) is 9.63. The largest absolute Gasteiger partial charge is 0.465 e. The van der Waals surface area contributed by atoms with E-state index in [1.165, 1.54) is 16.7 Å². The minimum Gasteiger partial charge on any atom is -0.465 e. The zero-order valence-corrected chi connectivity index (χ0v) is 22.0. The molecule has 0 unspecified atom stereocenters. The SMILES string of the molecule is CC.CNc1ccc(/C=C/c2ccc(C(C)(C)/C=C/C(C)(C)COC(=O)C(C)C)cc2)cc1. The number of hydrogen-bond acceptors (Lipinski definition) is 3. The summed E-state index contributed by atoms with van der Waals surface area (Å²) in [4.78, 5) is 11.8. The summed E-state index contributed by atoms with van der Waals surface area (Å²) >= 11 is 0. The van der Waals surface area contributed by atoms with Gasteiger partial charge >= 0.3 is 5.97 Å². The number of ether oxygens (including phenoxy) is 1. The maximum Gasteiger partial charge on any atom is 0.308 e. The minimum atomic E-state index is -0.215. The average Bonchev–Trinajstić information content (AvgIpc) is 2.82. The summed E-state index contributed by atoms with van der Waals surface area (Å²) in [6.07, 6.45) is 8.63. The van der Waals surface area contributed by atoms with Gasteiger partial charge in [0.2, 0.25) is 0 Å². The Bertz CT molecular complexity index is 901. The van der Waals surface area contributed by atoms with E-state index in [-0.39, 0.29) is 22.7 Å². The molecular weight excluding hydrogens is 406 g/mol. The Morgan fingerprint density at radius 1 is 0.879 bits per heavy atom. The van der Waals surface area contributed by atoms with Crippen molar-refractivity contribution in [1.29, 1.82) is 0 Å². The summed E-state index contributed by atoms with van der Waals surface area (Å²) in [6.45, 7) is 16.7. The van der Waals surface area contributed by atoms with Crippen LogP contribution in [0, 0.1) is 11.3 Å². The standard InChI is InChI=1S/C28H37NO2.C2H6/c1-21(2)26(30)31-20-27(3,4)18-19-28(5,6)24-14-10-22(11-15-24)8-9-23-12-16-25(29-7)17-13-23;1-2/h8-19,21,29H,20H2,1-7H3;1-2H3/b9-8+,19-18+;. The minimum absolute atomic E-state index is 0.100. The molecule has 33 heavy (non-hydrogen) atoms. The summed E-state index contributed by atoms with van der Waals surface area (Å²) in [5.74, 6) is -0.251. The number of esters is 1. The highest BCUT2D eigenvalue weighted by Gasteiger charge is 2.22. The molecule has 1 N–H and O–H groups in total. The van der Waals surface area contributed by atoms with Crippen molar-refractivity contribution >= 4 is 23.8 Å². The molecule has 2 rings (SSSR count). The molecule has 0 aliphatic carbocycles. The smallest absolute Gasteiger partial charge is 0.308 e. The van der Waals surface area contributed by atoms with Gasteiger partial charge in [-0.25, -0.2) is 0 Å². The van der Waals surface area contributed by atoms with Crippen LogP contribution in [0.5, 0.6) is 0 Å². The van der Waals surface area contributed by atoms with E-state index in [0.29, 0.717) is 6.61 Å². The summed E-state index contributed by atoms with van der Waals surface area (Å²) in [7, 11) is 1.92. The molecule has 0 fully saturated rings. The Balaban J connectivity index is 0.00000265. The van der Waals surface area contributed by atoms with Crippen LogP contribution in [0.25, 0.3) is 12.2 Å². The molecule has 180 valence electrons. The molecule has 0 spiro atoms. The first-order valence-corrected chi connectivity index (χ1v) is 12.0. The van der Waals surface area contributed by atoms with Gasteiger partial charge in [0.15, 0.2) is 0 Å². The number of carbonyl (C=O) groups is 1. The molecule has 0 aliphatic heterocycles. The summed E-state index contributed by atoms with van der Waals surface area (Å²) < 4.78 is 5.43. The quantitative estimate of drug-likeness (QED) is 0.239. The lowest BCUT2D eigenvalue weighted by Gasteiger charge is -2.25. The first kappa shape index (κ1) is 28.2. The number of allylic oxidation sites excluding steroid dienone is 1. The Hall–Kier alpha value is -2.81. The summed E-state index contributed by atoms with van der Waals surface area (Å²) in [5, 5.41) is 3.13. The Labute approximate surface area is 202 Å². The van der Waals surface area contributed by atoms with Crippen LogP contribution in [-0.2, 0) is 14.9 Å². The van der Waals surface area contributed by atoms with Gasteiger partial charge in [0.1, 0.15) is 0 Å². The van der Waals surface area contributed by atoms with E-state index < -0.39 is 0 Å². The van der Waals surface area contributed by atoms with E-state index in [2.05, 4.69) is 106 Å². The molecule has 0 aliphatic rings. The van der Waals surface area contributed by atoms with Crippen LogP contribution in [0.3, 0.4) is 0 Å². The summed E-state index contributed by atoms with van der Waals surface area (Å²) in [6, 6.07) is 17.0. The topological polar surface area (TPSA) is 38.3 Å². The van der Waals surface area contributed by atoms with Crippen LogP contribution in [0.15, 0.2) is 60.7 Å². The monoisotopic (exact) mass is 449 g/mol. The first-order valence-electron chi connectivity index (χ1n) is 12.0. The maximum atomic E-state index is 11.8. The second kappa shape index (κ2) is 13.0. The molecule has 0 amide bonds. The summed E-state index contributed by atoms with van der Waals surface area (Å²) in [5.41, 5.74) is 4.36. The highest BCUT2D eigenvalue weighted by molar-refractivity contribution is 5.71. The third kappa shape index (κ3) is 9.69. The van der Waals surface area contributed by atoms with E-state index in [9.17, 15) is 4.79 Å². The zero-order valence-electron chi connectivity index (χ0n) is 22.0. The van der Waals surface area contributed by atoms with Crippen LogP contribution in [0.2, 0.25) is 0 Å². The average molecular weight is 450 g/mol. The lowest BCUT2D eigenvalue weighted by molar-refractivity contribution is -0.149. The zero-order chi connectivity index (χ0) is 25.1. The Kier molecular flexibility index (Phi) is 11.1. The number of nitrogens with one attached hydrogen (secondary N) is 1. The van der Waals surface area contributed by atoms with Gasteiger partial charge in [-0.2, -0.15) is 0 Å². The number of anilines is 1. The molecule has 3 nitrogen and oxygen atoms in total. The van der Waals surface area contributed by atoms with E-state index in [1.54, 1.807) is 0 Å². The van der Waals surface area contributed by atoms with Crippen molar-refractivity contribution in [2.75, 3.05) is 19.0 Å². The fourth-order valence-corrected chi connectivity index (χ4v) is 2.98. The molecule has 0 bridgehead atoms. The molecule has 2 aromatic rings. The molecule has 2 aromatic carbocycles. The van der Waals surface area contributed by atoms with Gasteiger partial charge < -0.3 is 10.1 Å². The fraction of sp³-hybridized carbons (Fsp3) is 0.433. The normalized spacial score (nSPS) is 12.1. The molecule has 3 heteroatoms. The lowest BCUT2D eigenvalue weighted by atomic mass is 9.81. The van der Waals surface area contributed by atoms with Gasteiger partial charge in [-0.3, -0.25) is 4.79 Å². The number of rotatable bonds is 9. The fourth-order valence-electron chi connectivity index (χ4n) is 2.98. The van der Waals surface area contributed by atoms with Crippen LogP contribution in [0.1, 0.15) is 72.1 Å². The number of carbonyl (C=O) groups excluding carboxylic acids is 1. The van der Waals surface area contributed by atoms with Gasteiger partial charge in [-0.05, 0) is 28.8 Å². The molecule has 0 radical (unpaired) electrons. The highest BCUT2D eigenvalue weighted by Crippen LogP contribution is 2.28. The van der Waals surface area contributed by atoms with Crippen molar-refractivity contribution in [3.05, 3.63) is 77.4 Å². The number of benzene rings is 2. The molecule has 0 heterocycles. The number of hydrogen-bond donors (Lipinski definition) is 1. The predicted octanol–water partition coefficient (Wildman–Crippen LogP) is 7.98. The van der Waals surface area contributed by atoms with Crippen molar-refractivity contribution in [3.63, 3.8) is 0 Å². The molecular formula is C30H43NO2. The second-order valence-electron chi connectivity index (χ2n) is 9.63. The van der Waals surface area contributed by atoms with Crippen molar-refractivity contribution in [3.8, 4) is 0 Å². The van der Waals surface area contributed by atoms with E-state index in [0.717, 1.165) is 5.69 Å². The maximum absolute atomic E-state index is 11.8. The van der Waals surface area contributed by atoms with E-state index in [4.69, 9.17) is 4.74 Å². The third-order valence-electron chi connectivity index (χ3n) is 5.33. The van der Waals surface area contributed by atoms with E-state index >= 15 is 0 Å². The third-order valence-corrected chi connectivity index (χ3v) is 5.33.